The SMILES string of the molecule is Cc1nc2ccc(C(=O)N[C@H](CC(C)C)C(=O)N3CCN(C)CC3)cc2nc1C. The van der Waals surface area contributed by atoms with Crippen LogP contribution in [0.25, 0.3) is 11.0 Å². The lowest BCUT2D eigenvalue weighted by atomic mass is 10.0. The van der Waals surface area contributed by atoms with Crippen molar-refractivity contribution in [3.8, 4) is 0 Å². The molecule has 2 aromatic rings. The van der Waals surface area contributed by atoms with Crippen molar-refractivity contribution in [2.45, 2.75) is 40.2 Å². The van der Waals surface area contributed by atoms with E-state index < -0.39 is 6.04 Å². The molecule has 2 heterocycles. The summed E-state index contributed by atoms with van der Waals surface area (Å²) in [5.74, 6) is 0.0528. The highest BCUT2D eigenvalue weighted by Crippen LogP contribution is 2.16. The average molecular weight is 398 g/mol. The van der Waals surface area contributed by atoms with Crippen LogP contribution in [0.3, 0.4) is 0 Å². The van der Waals surface area contributed by atoms with E-state index in [4.69, 9.17) is 0 Å². The summed E-state index contributed by atoms with van der Waals surface area (Å²) in [5, 5.41) is 2.97. The lowest BCUT2D eigenvalue weighted by Gasteiger charge is -2.35. The van der Waals surface area contributed by atoms with E-state index in [1.54, 1.807) is 12.1 Å². The summed E-state index contributed by atoms with van der Waals surface area (Å²) in [4.78, 5) is 39.1. The Morgan fingerprint density at radius 1 is 1.03 bits per heavy atom. The second-order valence-corrected chi connectivity index (χ2v) is 8.38. The minimum Gasteiger partial charge on any atom is -0.340 e. The normalized spacial score (nSPS) is 16.3. The van der Waals surface area contributed by atoms with Gasteiger partial charge in [-0.25, -0.2) is 9.97 Å². The van der Waals surface area contributed by atoms with Gasteiger partial charge in [-0.15, -0.1) is 0 Å². The zero-order valence-electron chi connectivity index (χ0n) is 18.0. The molecule has 0 aliphatic carbocycles. The van der Waals surface area contributed by atoms with Crippen molar-refractivity contribution < 1.29 is 9.59 Å². The molecule has 0 spiro atoms. The van der Waals surface area contributed by atoms with Gasteiger partial charge in [0.1, 0.15) is 6.04 Å². The van der Waals surface area contributed by atoms with Crippen LogP contribution in [0.1, 0.15) is 42.0 Å². The number of fused-ring (bicyclic) bond motifs is 1. The fraction of sp³-hybridized carbons (Fsp3) is 0.545. The number of carbonyl (C=O) groups excluding carboxylic acids is 2. The van der Waals surface area contributed by atoms with Gasteiger partial charge >= 0.3 is 0 Å². The molecule has 1 N–H and O–H groups in total. The Morgan fingerprint density at radius 3 is 2.28 bits per heavy atom. The molecular formula is C22H31N5O2. The molecule has 1 aromatic carbocycles. The zero-order valence-corrected chi connectivity index (χ0v) is 18.0. The van der Waals surface area contributed by atoms with Crippen LogP contribution in [-0.2, 0) is 4.79 Å². The summed E-state index contributed by atoms with van der Waals surface area (Å²) in [7, 11) is 2.06. The summed E-state index contributed by atoms with van der Waals surface area (Å²) in [5.41, 5.74) is 3.67. The molecule has 0 unspecified atom stereocenters. The molecule has 7 nitrogen and oxygen atoms in total. The molecular weight excluding hydrogens is 366 g/mol. The average Bonchev–Trinajstić information content (AvgIpc) is 2.67. The number of benzene rings is 1. The van der Waals surface area contributed by atoms with E-state index in [1.807, 2.05) is 24.8 Å². The molecule has 1 fully saturated rings. The van der Waals surface area contributed by atoms with Crippen LogP contribution in [-0.4, -0.2) is 70.9 Å². The molecule has 1 saturated heterocycles. The summed E-state index contributed by atoms with van der Waals surface area (Å²) < 4.78 is 0. The first-order valence-corrected chi connectivity index (χ1v) is 10.3. The van der Waals surface area contributed by atoms with E-state index in [0.717, 1.165) is 30.0 Å². The maximum Gasteiger partial charge on any atom is 0.252 e. The summed E-state index contributed by atoms with van der Waals surface area (Å²) in [6.07, 6.45) is 0.614. The van der Waals surface area contributed by atoms with Gasteiger partial charge < -0.3 is 15.1 Å². The highest BCUT2D eigenvalue weighted by atomic mass is 16.2. The number of nitrogens with one attached hydrogen (secondary N) is 1. The molecule has 29 heavy (non-hydrogen) atoms. The summed E-state index contributed by atoms with van der Waals surface area (Å²) in [6, 6.07) is 4.78. The predicted molar refractivity (Wildman–Crippen MR) is 114 cm³/mol. The van der Waals surface area contributed by atoms with Crippen LogP contribution in [0, 0.1) is 19.8 Å². The molecule has 1 aliphatic heterocycles. The van der Waals surface area contributed by atoms with Gasteiger partial charge in [0.05, 0.1) is 22.4 Å². The van der Waals surface area contributed by atoms with E-state index in [2.05, 4.69) is 41.1 Å². The number of likely N-dealkylation sites (N-methyl/N-ethyl adjacent to an activating group) is 1. The number of aromatic nitrogens is 2. The third-order valence-corrected chi connectivity index (χ3v) is 5.46. The molecule has 3 rings (SSSR count). The van der Waals surface area contributed by atoms with E-state index in [9.17, 15) is 9.59 Å². The minimum atomic E-state index is -0.521. The zero-order chi connectivity index (χ0) is 21.1. The topological polar surface area (TPSA) is 78.4 Å². The molecule has 1 aromatic heterocycles. The molecule has 156 valence electrons. The van der Waals surface area contributed by atoms with Crippen molar-refractivity contribution in [1.82, 2.24) is 25.1 Å². The first-order valence-electron chi connectivity index (χ1n) is 10.3. The third-order valence-electron chi connectivity index (χ3n) is 5.46. The monoisotopic (exact) mass is 397 g/mol. The van der Waals surface area contributed by atoms with Gasteiger partial charge in [-0.2, -0.15) is 0 Å². The maximum atomic E-state index is 13.1. The van der Waals surface area contributed by atoms with Gasteiger partial charge in [0, 0.05) is 31.7 Å². The Balaban J connectivity index is 1.78. The molecule has 0 radical (unpaired) electrons. The Bertz CT molecular complexity index is 903. The molecule has 1 atom stereocenters. The first kappa shape index (κ1) is 21.2. The number of aryl methyl sites for hydroxylation is 2. The largest absolute Gasteiger partial charge is 0.340 e. The fourth-order valence-electron chi connectivity index (χ4n) is 3.55. The lowest BCUT2D eigenvalue weighted by molar-refractivity contribution is -0.135. The van der Waals surface area contributed by atoms with Gasteiger partial charge in [0.15, 0.2) is 0 Å². The van der Waals surface area contributed by atoms with E-state index in [1.165, 1.54) is 0 Å². The second kappa shape index (κ2) is 8.86. The van der Waals surface area contributed by atoms with Gasteiger partial charge in [-0.05, 0) is 51.4 Å². The quantitative estimate of drug-likeness (QED) is 0.837. The number of hydrogen-bond donors (Lipinski definition) is 1. The number of nitrogens with zero attached hydrogens (tertiary/aromatic N) is 4. The molecule has 7 heteroatoms. The molecule has 1 aliphatic rings. The highest BCUT2D eigenvalue weighted by Gasteiger charge is 2.28. The van der Waals surface area contributed by atoms with Crippen LogP contribution in [0.4, 0.5) is 0 Å². The minimum absolute atomic E-state index is 0.00667. The molecule has 2 amide bonds. The van der Waals surface area contributed by atoms with Crippen LogP contribution in [0.2, 0.25) is 0 Å². The number of amides is 2. The van der Waals surface area contributed by atoms with Crippen LogP contribution in [0.15, 0.2) is 18.2 Å². The van der Waals surface area contributed by atoms with Gasteiger partial charge in [-0.1, -0.05) is 13.8 Å². The number of piperazine rings is 1. The van der Waals surface area contributed by atoms with Crippen molar-refractivity contribution >= 4 is 22.8 Å². The van der Waals surface area contributed by atoms with E-state index in [-0.39, 0.29) is 11.8 Å². The third kappa shape index (κ3) is 5.09. The van der Waals surface area contributed by atoms with Crippen molar-refractivity contribution in [2.75, 3.05) is 33.2 Å². The van der Waals surface area contributed by atoms with Crippen molar-refractivity contribution in [2.24, 2.45) is 5.92 Å². The number of hydrogen-bond acceptors (Lipinski definition) is 5. The Kier molecular flexibility index (Phi) is 6.47. The van der Waals surface area contributed by atoms with E-state index >= 15 is 0 Å². The predicted octanol–water partition coefficient (Wildman–Crippen LogP) is 2.17. The van der Waals surface area contributed by atoms with Crippen molar-refractivity contribution in [1.29, 1.82) is 0 Å². The van der Waals surface area contributed by atoms with Crippen LogP contribution < -0.4 is 5.32 Å². The van der Waals surface area contributed by atoms with Gasteiger partial charge in [0.2, 0.25) is 5.91 Å². The van der Waals surface area contributed by atoms with Gasteiger partial charge in [-0.3, -0.25) is 9.59 Å². The highest BCUT2D eigenvalue weighted by molar-refractivity contribution is 5.99. The number of carbonyl (C=O) groups is 2. The Morgan fingerprint density at radius 2 is 1.66 bits per heavy atom. The summed E-state index contributed by atoms with van der Waals surface area (Å²) in [6.45, 7) is 11.1. The summed E-state index contributed by atoms with van der Waals surface area (Å²) >= 11 is 0. The Hall–Kier alpha value is -2.54. The maximum absolute atomic E-state index is 13.1. The smallest absolute Gasteiger partial charge is 0.252 e. The molecule has 0 saturated carbocycles. The van der Waals surface area contributed by atoms with E-state index in [0.29, 0.717) is 36.5 Å². The standard InChI is InChI=1S/C22H31N5O2/c1-14(2)12-20(22(29)27-10-8-26(5)9-11-27)25-21(28)17-6-7-18-19(13-17)24-16(4)15(3)23-18/h6-7,13-14,20H,8-12H2,1-5H3,(H,25,28)/t20-/m1/s1. The van der Waals surface area contributed by atoms with Crippen LogP contribution in [0.5, 0.6) is 0 Å². The molecule has 0 bridgehead atoms. The Labute approximate surface area is 172 Å². The van der Waals surface area contributed by atoms with Crippen LogP contribution >= 0.6 is 0 Å². The van der Waals surface area contributed by atoms with Crippen molar-refractivity contribution in [3.63, 3.8) is 0 Å². The first-order chi connectivity index (χ1) is 13.7. The van der Waals surface area contributed by atoms with Crippen molar-refractivity contribution in [3.05, 3.63) is 35.2 Å². The second-order valence-electron chi connectivity index (χ2n) is 8.38. The lowest BCUT2D eigenvalue weighted by Crippen LogP contribution is -2.54. The number of rotatable bonds is 5. The fourth-order valence-corrected chi connectivity index (χ4v) is 3.55. The van der Waals surface area contributed by atoms with Gasteiger partial charge in [0.25, 0.3) is 5.91 Å².